The van der Waals surface area contributed by atoms with E-state index in [0.717, 1.165) is 6.42 Å². The molecule has 1 atom stereocenters. The van der Waals surface area contributed by atoms with Crippen LogP contribution < -0.4 is 9.47 Å². The van der Waals surface area contributed by atoms with Gasteiger partial charge < -0.3 is 24.2 Å². The van der Waals surface area contributed by atoms with E-state index in [-0.39, 0.29) is 24.1 Å². The molecule has 0 aliphatic carbocycles. The van der Waals surface area contributed by atoms with Crippen molar-refractivity contribution in [3.8, 4) is 11.5 Å². The third kappa shape index (κ3) is 4.76. The molecule has 1 aliphatic rings. The van der Waals surface area contributed by atoms with Gasteiger partial charge >= 0.3 is 5.97 Å². The first-order valence-electron chi connectivity index (χ1n) is 8.20. The zero-order chi connectivity index (χ0) is 18.4. The Balaban J connectivity index is 2.25. The molecule has 0 bridgehead atoms. The molecule has 0 aromatic heterocycles. The molecule has 1 heterocycles. The van der Waals surface area contributed by atoms with E-state index in [1.54, 1.807) is 6.07 Å². The highest BCUT2D eigenvalue weighted by Gasteiger charge is 2.30. The smallest absolute Gasteiger partial charge is 0.334 e. The highest BCUT2D eigenvalue weighted by molar-refractivity contribution is 6.32. The summed E-state index contributed by atoms with van der Waals surface area (Å²) in [4.78, 5) is 25.2. The molecule has 1 aliphatic heterocycles. The number of carboxylic acids is 1. The summed E-state index contributed by atoms with van der Waals surface area (Å²) in [6.45, 7) is 5.16. The molecule has 138 valence electrons. The van der Waals surface area contributed by atoms with Crippen LogP contribution in [0.5, 0.6) is 11.5 Å². The summed E-state index contributed by atoms with van der Waals surface area (Å²) >= 11 is 6.27. The fourth-order valence-electron chi connectivity index (χ4n) is 2.46. The third-order valence-corrected chi connectivity index (χ3v) is 3.92. The number of nitrogens with zero attached hydrogens (tertiary/aromatic N) is 1. The SMILES string of the molecule is CCCOc1c(Cl)cc(C(=O)N2CCOC(C(=O)O)C2)cc1OCC. The highest BCUT2D eigenvalue weighted by Crippen LogP contribution is 2.37. The monoisotopic (exact) mass is 371 g/mol. The summed E-state index contributed by atoms with van der Waals surface area (Å²) < 4.78 is 16.3. The summed E-state index contributed by atoms with van der Waals surface area (Å²) in [5, 5.41) is 9.35. The van der Waals surface area contributed by atoms with Gasteiger partial charge in [0.25, 0.3) is 5.91 Å². The van der Waals surface area contributed by atoms with Gasteiger partial charge in [0, 0.05) is 12.1 Å². The maximum absolute atomic E-state index is 12.7. The lowest BCUT2D eigenvalue weighted by Crippen LogP contribution is -2.48. The molecule has 1 N–H and O–H groups in total. The molecule has 0 spiro atoms. The van der Waals surface area contributed by atoms with Gasteiger partial charge in [-0.05, 0) is 25.5 Å². The van der Waals surface area contributed by atoms with Crippen molar-refractivity contribution in [1.29, 1.82) is 0 Å². The summed E-state index contributed by atoms with van der Waals surface area (Å²) in [6.07, 6.45) is -0.209. The molecule has 1 amide bonds. The van der Waals surface area contributed by atoms with E-state index >= 15 is 0 Å². The number of carboxylic acid groups (broad SMARTS) is 1. The molecule has 1 unspecified atom stereocenters. The molecule has 7 nitrogen and oxygen atoms in total. The summed E-state index contributed by atoms with van der Waals surface area (Å²) in [5.41, 5.74) is 0.323. The minimum absolute atomic E-state index is 0.0101. The van der Waals surface area contributed by atoms with Crippen molar-refractivity contribution in [2.45, 2.75) is 26.4 Å². The van der Waals surface area contributed by atoms with Crippen molar-refractivity contribution in [1.82, 2.24) is 4.90 Å². The van der Waals surface area contributed by atoms with Gasteiger partial charge in [0.2, 0.25) is 0 Å². The molecular formula is C17H22ClNO6. The van der Waals surface area contributed by atoms with Crippen LogP contribution in [0.15, 0.2) is 12.1 Å². The Bertz CT molecular complexity index is 636. The largest absolute Gasteiger partial charge is 0.490 e. The maximum atomic E-state index is 12.7. The van der Waals surface area contributed by atoms with Crippen LogP contribution in [0.4, 0.5) is 0 Å². The number of hydrogen-bond donors (Lipinski definition) is 1. The van der Waals surface area contributed by atoms with Gasteiger partial charge in [-0.1, -0.05) is 18.5 Å². The van der Waals surface area contributed by atoms with Gasteiger partial charge in [0.05, 0.1) is 31.4 Å². The Kier molecular flexibility index (Phi) is 6.90. The van der Waals surface area contributed by atoms with Crippen LogP contribution >= 0.6 is 11.6 Å². The molecule has 2 rings (SSSR count). The summed E-state index contributed by atoms with van der Waals surface area (Å²) in [7, 11) is 0. The van der Waals surface area contributed by atoms with Crippen molar-refractivity contribution >= 4 is 23.5 Å². The molecule has 1 saturated heterocycles. The quantitative estimate of drug-likeness (QED) is 0.792. The van der Waals surface area contributed by atoms with E-state index in [1.165, 1.54) is 11.0 Å². The van der Waals surface area contributed by atoms with Gasteiger partial charge in [-0.2, -0.15) is 0 Å². The summed E-state index contributed by atoms with van der Waals surface area (Å²) in [6, 6.07) is 3.09. The van der Waals surface area contributed by atoms with Crippen LogP contribution in [-0.4, -0.2) is 60.9 Å². The fourth-order valence-corrected chi connectivity index (χ4v) is 2.73. The first kappa shape index (κ1) is 19.3. The number of aliphatic carboxylic acids is 1. The number of hydrogen-bond acceptors (Lipinski definition) is 5. The molecule has 0 saturated carbocycles. The van der Waals surface area contributed by atoms with Crippen LogP contribution in [-0.2, 0) is 9.53 Å². The Morgan fingerprint density at radius 3 is 2.76 bits per heavy atom. The zero-order valence-electron chi connectivity index (χ0n) is 14.3. The number of rotatable bonds is 7. The first-order valence-corrected chi connectivity index (χ1v) is 8.58. The van der Waals surface area contributed by atoms with Crippen LogP contribution in [0.25, 0.3) is 0 Å². The minimum atomic E-state index is -1.09. The van der Waals surface area contributed by atoms with Crippen molar-refractivity contribution < 1.29 is 28.9 Å². The van der Waals surface area contributed by atoms with Gasteiger partial charge in [0.15, 0.2) is 17.6 Å². The number of benzene rings is 1. The van der Waals surface area contributed by atoms with Gasteiger partial charge in [-0.25, -0.2) is 4.79 Å². The van der Waals surface area contributed by atoms with Crippen LogP contribution in [0, 0.1) is 0 Å². The average Bonchev–Trinajstić information content (AvgIpc) is 2.60. The van der Waals surface area contributed by atoms with E-state index in [0.29, 0.717) is 36.8 Å². The topological polar surface area (TPSA) is 85.3 Å². The van der Waals surface area contributed by atoms with Gasteiger partial charge in [-0.15, -0.1) is 0 Å². The number of carbonyl (C=O) groups excluding carboxylic acids is 1. The predicted octanol–water partition coefficient (Wildman–Crippen LogP) is 2.45. The predicted molar refractivity (Wildman–Crippen MR) is 91.7 cm³/mol. The normalized spacial score (nSPS) is 17.2. The Morgan fingerprint density at radius 1 is 1.36 bits per heavy atom. The van der Waals surface area contributed by atoms with Gasteiger partial charge in [-0.3, -0.25) is 4.79 Å². The molecule has 1 aromatic rings. The van der Waals surface area contributed by atoms with E-state index in [4.69, 9.17) is 30.9 Å². The Morgan fingerprint density at radius 2 is 2.12 bits per heavy atom. The average molecular weight is 372 g/mol. The van der Waals surface area contributed by atoms with Crippen molar-refractivity contribution in [3.63, 3.8) is 0 Å². The number of ether oxygens (including phenoxy) is 3. The van der Waals surface area contributed by atoms with E-state index in [1.807, 2.05) is 13.8 Å². The molecule has 0 radical (unpaired) electrons. The van der Waals surface area contributed by atoms with Crippen molar-refractivity contribution in [3.05, 3.63) is 22.7 Å². The number of amides is 1. The minimum Gasteiger partial charge on any atom is -0.490 e. The van der Waals surface area contributed by atoms with E-state index in [9.17, 15) is 9.59 Å². The van der Waals surface area contributed by atoms with Crippen molar-refractivity contribution in [2.75, 3.05) is 32.9 Å². The second-order valence-corrected chi connectivity index (χ2v) is 5.92. The molecule has 1 aromatic carbocycles. The van der Waals surface area contributed by atoms with Crippen molar-refractivity contribution in [2.24, 2.45) is 0 Å². The molecule has 1 fully saturated rings. The third-order valence-electron chi connectivity index (χ3n) is 3.64. The van der Waals surface area contributed by atoms with Crippen LogP contribution in [0.2, 0.25) is 5.02 Å². The van der Waals surface area contributed by atoms with Crippen LogP contribution in [0.1, 0.15) is 30.6 Å². The van der Waals surface area contributed by atoms with E-state index < -0.39 is 12.1 Å². The second-order valence-electron chi connectivity index (χ2n) is 5.52. The Hall–Kier alpha value is -1.99. The van der Waals surface area contributed by atoms with Gasteiger partial charge in [0.1, 0.15) is 0 Å². The summed E-state index contributed by atoms with van der Waals surface area (Å²) in [5.74, 6) is -0.601. The molecule has 25 heavy (non-hydrogen) atoms. The number of morpholine rings is 1. The Labute approximate surface area is 151 Å². The lowest BCUT2D eigenvalue weighted by atomic mass is 10.1. The molecule has 8 heteroatoms. The lowest BCUT2D eigenvalue weighted by molar-refractivity contribution is -0.154. The van der Waals surface area contributed by atoms with Crippen LogP contribution in [0.3, 0.4) is 0 Å². The molecular weight excluding hydrogens is 350 g/mol. The first-order chi connectivity index (χ1) is 12.0. The number of carbonyl (C=O) groups is 2. The van der Waals surface area contributed by atoms with E-state index in [2.05, 4.69) is 0 Å². The fraction of sp³-hybridized carbons (Fsp3) is 0.529. The number of halogens is 1. The standard InChI is InChI=1S/C17H22ClNO6/c1-3-6-25-15-12(18)8-11(9-13(15)23-4-2)16(20)19-5-7-24-14(10-19)17(21)22/h8-9,14H,3-7,10H2,1-2H3,(H,21,22). The second kappa shape index (κ2) is 8.92. The highest BCUT2D eigenvalue weighted by atomic mass is 35.5. The lowest BCUT2D eigenvalue weighted by Gasteiger charge is -2.31. The zero-order valence-corrected chi connectivity index (χ0v) is 15.0. The maximum Gasteiger partial charge on any atom is 0.334 e.